The van der Waals surface area contributed by atoms with Crippen LogP contribution in [0.15, 0.2) is 0 Å². The van der Waals surface area contributed by atoms with Crippen LogP contribution in [0.5, 0.6) is 0 Å². The van der Waals surface area contributed by atoms with Crippen LogP contribution in [0.3, 0.4) is 0 Å². The van der Waals surface area contributed by atoms with Crippen molar-refractivity contribution in [3.8, 4) is 0 Å². The Morgan fingerprint density at radius 3 is 2.05 bits per heavy atom. The second-order valence-electron chi connectivity index (χ2n) is 7.71. The highest BCUT2D eigenvalue weighted by Gasteiger charge is 2.16. The van der Waals surface area contributed by atoms with Gasteiger partial charge in [-0.3, -0.25) is 14.7 Å². The third-order valence-electron chi connectivity index (χ3n) is 4.52. The van der Waals surface area contributed by atoms with E-state index in [4.69, 9.17) is 33.2 Å². The molecule has 236 valence electrons. The van der Waals surface area contributed by atoms with Gasteiger partial charge in [-0.25, -0.2) is 9.59 Å². The zero-order valence-corrected chi connectivity index (χ0v) is 24.2. The first-order chi connectivity index (χ1) is 19.2. The highest BCUT2D eigenvalue weighted by Crippen LogP contribution is 2.36. The van der Waals surface area contributed by atoms with Gasteiger partial charge in [0.25, 0.3) is 7.82 Å². The number of phosphoric acid groups is 1. The highest BCUT2D eigenvalue weighted by molar-refractivity contribution is 7.45. The molecule has 0 aliphatic rings. The van der Waals surface area contributed by atoms with Gasteiger partial charge in [-0.15, -0.1) is 0 Å². The Morgan fingerprint density at radius 1 is 0.750 bits per heavy atom. The smallest absolute Gasteiger partial charge is 0.409 e. The molecule has 3 N–H and O–H groups in total. The van der Waals surface area contributed by atoms with Gasteiger partial charge in [0.15, 0.2) is 0 Å². The van der Waals surface area contributed by atoms with Crippen LogP contribution in [0.1, 0.15) is 19.3 Å². The lowest BCUT2D eigenvalue weighted by Crippen LogP contribution is -2.35. The van der Waals surface area contributed by atoms with E-state index in [2.05, 4.69) is 25.0 Å². The minimum absolute atomic E-state index is 0.0805. The molecule has 0 aliphatic heterocycles. The molecule has 0 heterocycles. The summed E-state index contributed by atoms with van der Waals surface area (Å²) in [6.07, 6.45) is -1.55. The first-order valence-electron chi connectivity index (χ1n) is 12.6. The summed E-state index contributed by atoms with van der Waals surface area (Å²) in [6.45, 7) is 1.67. The Kier molecular flexibility index (Phi) is 24.5. The van der Waals surface area contributed by atoms with E-state index in [1.807, 2.05) is 0 Å². The van der Waals surface area contributed by atoms with Crippen molar-refractivity contribution in [3.05, 3.63) is 0 Å². The van der Waals surface area contributed by atoms with Crippen LogP contribution in [-0.2, 0) is 51.6 Å². The molecule has 0 rings (SSSR count). The van der Waals surface area contributed by atoms with Crippen LogP contribution in [0, 0.1) is 0 Å². The van der Waals surface area contributed by atoms with E-state index < -0.39 is 26.1 Å². The molecular weight excluding hydrogens is 561 g/mol. The summed E-state index contributed by atoms with van der Waals surface area (Å²) in [5.74, 6) is -0.273. The van der Waals surface area contributed by atoms with Crippen LogP contribution in [-0.4, -0.2) is 125 Å². The molecule has 18 heteroatoms. The molecule has 0 fully saturated rings. The second-order valence-corrected chi connectivity index (χ2v) is 9.23. The van der Waals surface area contributed by atoms with Crippen molar-refractivity contribution < 1.29 is 66.0 Å². The van der Waals surface area contributed by atoms with Crippen molar-refractivity contribution in [2.45, 2.75) is 25.4 Å². The number of nitrogens with one attached hydrogen (secondary N) is 3. The van der Waals surface area contributed by atoms with E-state index >= 15 is 0 Å². The fraction of sp³-hybridized carbons (Fsp3) is 0.864. The van der Waals surface area contributed by atoms with Crippen molar-refractivity contribution in [2.24, 2.45) is 0 Å². The number of amides is 3. The van der Waals surface area contributed by atoms with E-state index in [-0.39, 0.29) is 71.6 Å². The predicted octanol–water partition coefficient (Wildman–Crippen LogP) is -0.475. The lowest BCUT2D eigenvalue weighted by molar-refractivity contribution is -0.222. The van der Waals surface area contributed by atoms with Crippen molar-refractivity contribution in [2.75, 3.05) is 101 Å². The normalized spacial score (nSPS) is 13.2. The Bertz CT molecular complexity index is 718. The number of phosphoric ester groups is 1. The summed E-state index contributed by atoms with van der Waals surface area (Å²) in [7, 11) is -0.217. The van der Waals surface area contributed by atoms with Gasteiger partial charge >= 0.3 is 12.2 Å². The van der Waals surface area contributed by atoms with E-state index in [9.17, 15) is 23.8 Å². The standard InChI is InChI=1S/C22H44N3O14P/c1-31-12-14-34-11-8-24-21(27)37-16-19(17-38-22(28)25-18-35-15-13-32-2)36-9-4-6-20(26)23-7-5-10-39-40(29,30)33-3/h19H,4-18H2,1-3H3,(H,23,26)(H,24,27)(H,25,28)(H,29,30)/p-1. The quantitative estimate of drug-likeness (QED) is 0.0647. The third kappa shape index (κ3) is 24.9. The minimum Gasteiger partial charge on any atom is -0.756 e. The van der Waals surface area contributed by atoms with Gasteiger partial charge in [-0.05, 0) is 12.8 Å². The van der Waals surface area contributed by atoms with E-state index in [0.29, 0.717) is 32.8 Å². The molecular formula is C22H43N3O14P-. The van der Waals surface area contributed by atoms with Crippen molar-refractivity contribution >= 4 is 25.9 Å². The summed E-state index contributed by atoms with van der Waals surface area (Å²) < 4.78 is 55.7. The number of hydrogen-bond donors (Lipinski definition) is 3. The molecule has 0 aromatic carbocycles. The van der Waals surface area contributed by atoms with Crippen molar-refractivity contribution in [1.82, 2.24) is 16.0 Å². The molecule has 0 aromatic heterocycles. The lowest BCUT2D eigenvalue weighted by atomic mass is 10.3. The van der Waals surface area contributed by atoms with Crippen LogP contribution in [0.4, 0.5) is 9.59 Å². The Balaban J connectivity index is 4.34. The number of carbonyl (C=O) groups excluding carboxylic acids is 3. The predicted molar refractivity (Wildman–Crippen MR) is 136 cm³/mol. The van der Waals surface area contributed by atoms with E-state index in [1.54, 1.807) is 7.11 Å². The van der Waals surface area contributed by atoms with Crippen molar-refractivity contribution in [3.63, 3.8) is 0 Å². The molecule has 0 radical (unpaired) electrons. The summed E-state index contributed by atoms with van der Waals surface area (Å²) in [6, 6.07) is 0. The Morgan fingerprint density at radius 2 is 1.40 bits per heavy atom. The zero-order valence-electron chi connectivity index (χ0n) is 23.3. The van der Waals surface area contributed by atoms with Gasteiger partial charge in [0.1, 0.15) is 26.0 Å². The van der Waals surface area contributed by atoms with Crippen molar-refractivity contribution in [1.29, 1.82) is 0 Å². The number of rotatable bonds is 26. The molecule has 40 heavy (non-hydrogen) atoms. The molecule has 0 saturated carbocycles. The van der Waals surface area contributed by atoms with Crippen LogP contribution in [0.25, 0.3) is 0 Å². The van der Waals surface area contributed by atoms with E-state index in [1.165, 1.54) is 7.11 Å². The molecule has 2 unspecified atom stereocenters. The van der Waals surface area contributed by atoms with Gasteiger partial charge in [0.05, 0.1) is 39.6 Å². The molecule has 0 spiro atoms. The highest BCUT2D eigenvalue weighted by atomic mass is 31.2. The fourth-order valence-corrected chi connectivity index (χ4v) is 2.94. The summed E-state index contributed by atoms with van der Waals surface area (Å²) in [5.41, 5.74) is 0. The van der Waals surface area contributed by atoms with Crippen LogP contribution >= 0.6 is 7.82 Å². The summed E-state index contributed by atoms with van der Waals surface area (Å²) in [4.78, 5) is 46.8. The molecule has 0 saturated heterocycles. The van der Waals surface area contributed by atoms with Crippen LogP contribution < -0.4 is 20.8 Å². The molecule has 0 bridgehead atoms. The maximum Gasteiger partial charge on any atom is 0.409 e. The maximum atomic E-state index is 11.9. The SMILES string of the molecule is COCCOCCNC(=O)OCC(COC(=O)NCOCCOC)OCCCC(=O)NCCCOP(=O)([O-])OC. The monoisotopic (exact) mass is 604 g/mol. The van der Waals surface area contributed by atoms with Crippen LogP contribution in [0.2, 0.25) is 0 Å². The molecule has 3 amide bonds. The fourth-order valence-electron chi connectivity index (χ4n) is 2.48. The van der Waals surface area contributed by atoms with Gasteiger partial charge < -0.3 is 57.7 Å². The first kappa shape index (κ1) is 37.9. The Hall–Kier alpha value is -2.08. The minimum atomic E-state index is -4.28. The van der Waals surface area contributed by atoms with Gasteiger partial charge in [0.2, 0.25) is 5.91 Å². The second kappa shape index (κ2) is 25.9. The average molecular weight is 605 g/mol. The summed E-state index contributed by atoms with van der Waals surface area (Å²) in [5, 5.41) is 7.53. The molecule has 0 aliphatic carbocycles. The van der Waals surface area contributed by atoms with Gasteiger partial charge in [-0.1, -0.05) is 0 Å². The number of alkyl carbamates (subject to hydrolysis) is 2. The van der Waals surface area contributed by atoms with E-state index in [0.717, 1.165) is 7.11 Å². The number of ether oxygens (including phenoxy) is 7. The maximum absolute atomic E-state index is 11.9. The third-order valence-corrected chi connectivity index (χ3v) is 5.46. The average Bonchev–Trinajstić information content (AvgIpc) is 2.93. The zero-order chi connectivity index (χ0) is 29.9. The number of methoxy groups -OCH3 is 2. The van der Waals surface area contributed by atoms with Gasteiger partial charge in [-0.2, -0.15) is 0 Å². The lowest BCUT2D eigenvalue weighted by Gasteiger charge is -2.20. The molecule has 2 atom stereocenters. The number of hydrogen-bond acceptors (Lipinski definition) is 14. The number of carbonyl (C=O) groups is 3. The molecule has 0 aromatic rings. The topological polar surface area (TPSA) is 210 Å². The largest absolute Gasteiger partial charge is 0.756 e. The first-order valence-corrected chi connectivity index (χ1v) is 14.0. The van der Waals surface area contributed by atoms with Gasteiger partial charge in [0, 0.05) is 47.4 Å². The summed E-state index contributed by atoms with van der Waals surface area (Å²) >= 11 is 0. The molecule has 17 nitrogen and oxygen atoms in total. The Labute approximate surface area is 234 Å².